The molecule has 0 bridgehead atoms. The van der Waals surface area contributed by atoms with Crippen LogP contribution < -0.4 is 9.80 Å². The van der Waals surface area contributed by atoms with Gasteiger partial charge in [0, 0.05) is 31.0 Å². The summed E-state index contributed by atoms with van der Waals surface area (Å²) in [5.74, 6) is -3.17. The Morgan fingerprint density at radius 3 is 2.35 bits per heavy atom. The Morgan fingerprint density at radius 1 is 0.953 bits per heavy atom. The number of aliphatic hydroxyl groups excluding tert-OH is 1. The maximum atomic E-state index is 14.8. The van der Waals surface area contributed by atoms with Crippen LogP contribution in [0.4, 0.5) is 11.4 Å². The number of benzene rings is 2. The molecule has 2 amide bonds. The molecule has 0 aliphatic carbocycles. The predicted molar refractivity (Wildman–Crippen MR) is 162 cm³/mol. The molecule has 9 heteroatoms. The number of hydrogen-bond acceptors (Lipinski definition) is 7. The molecule has 1 spiro atoms. The van der Waals surface area contributed by atoms with Crippen LogP contribution in [0.15, 0.2) is 78.9 Å². The molecule has 2 saturated heterocycles. The van der Waals surface area contributed by atoms with Crippen molar-refractivity contribution in [3.63, 3.8) is 0 Å². The summed E-state index contributed by atoms with van der Waals surface area (Å²) in [5, 5.41) is 10.7. The van der Waals surface area contributed by atoms with Gasteiger partial charge in [0.15, 0.2) is 0 Å². The molecule has 0 radical (unpaired) electrons. The monoisotopic (exact) mass is 585 g/mol. The number of ether oxygens (including phenoxy) is 2. The van der Waals surface area contributed by atoms with Gasteiger partial charge in [0.1, 0.15) is 24.2 Å². The molecule has 1 N–H and O–H groups in total. The van der Waals surface area contributed by atoms with Gasteiger partial charge in [-0.3, -0.25) is 14.4 Å². The van der Waals surface area contributed by atoms with Crippen molar-refractivity contribution in [1.82, 2.24) is 4.90 Å². The molecule has 6 rings (SSSR count). The van der Waals surface area contributed by atoms with Crippen LogP contribution in [0.2, 0.25) is 0 Å². The van der Waals surface area contributed by atoms with Crippen LogP contribution in [0.5, 0.6) is 0 Å². The molecule has 9 nitrogen and oxygen atoms in total. The quantitative estimate of drug-likeness (QED) is 0.376. The molecule has 2 fully saturated rings. The van der Waals surface area contributed by atoms with Crippen molar-refractivity contribution in [3.8, 4) is 0 Å². The molecular weight excluding hydrogens is 546 g/mol. The standard InChI is InChI=1S/C34H39N3O6/c1-4-35(5-2)24-13-15-25(16-14-24)36-19-9-18-34-27(28-32(41)42-20-10-17-33(28,3)43-34)30(39)37(29(34)31(36)40)26(22-38)21-23-11-7-6-8-12-23/h6-18,26-29,38H,4-5,19-22H2,1-3H3/t26-,27+,28+,29?,33-,34+/m1/s1. The highest BCUT2D eigenvalue weighted by atomic mass is 16.6. The van der Waals surface area contributed by atoms with Crippen LogP contribution in [0.1, 0.15) is 26.3 Å². The zero-order valence-corrected chi connectivity index (χ0v) is 24.9. The summed E-state index contributed by atoms with van der Waals surface area (Å²) in [4.78, 5) is 48.1. The maximum absolute atomic E-state index is 14.8. The van der Waals surface area contributed by atoms with E-state index in [9.17, 15) is 19.5 Å². The Labute approximate surface area is 252 Å². The third-order valence-corrected chi connectivity index (χ3v) is 9.46. The van der Waals surface area contributed by atoms with E-state index in [0.717, 1.165) is 24.3 Å². The van der Waals surface area contributed by atoms with Gasteiger partial charge in [-0.15, -0.1) is 0 Å². The van der Waals surface area contributed by atoms with Gasteiger partial charge < -0.3 is 29.3 Å². The highest BCUT2D eigenvalue weighted by Crippen LogP contribution is 2.57. The van der Waals surface area contributed by atoms with E-state index in [0.29, 0.717) is 12.1 Å². The van der Waals surface area contributed by atoms with Crippen molar-refractivity contribution in [3.05, 3.63) is 84.5 Å². The first-order valence-corrected chi connectivity index (χ1v) is 15.1. The molecule has 226 valence electrons. The number of esters is 1. The van der Waals surface area contributed by atoms with Gasteiger partial charge in [0.05, 0.1) is 24.2 Å². The number of carbonyl (C=O) groups excluding carboxylic acids is 3. The molecular formula is C34H39N3O6. The zero-order valence-electron chi connectivity index (χ0n) is 24.9. The number of anilines is 2. The minimum Gasteiger partial charge on any atom is -0.461 e. The topological polar surface area (TPSA) is 99.6 Å². The minimum absolute atomic E-state index is 0.0919. The lowest BCUT2D eigenvalue weighted by Crippen LogP contribution is -2.59. The summed E-state index contributed by atoms with van der Waals surface area (Å²) in [6.07, 6.45) is 7.51. The lowest BCUT2D eigenvalue weighted by molar-refractivity contribution is -0.157. The molecule has 2 aromatic carbocycles. The average Bonchev–Trinajstić information content (AvgIpc) is 3.28. The number of hydrogen-bond donors (Lipinski definition) is 1. The molecule has 6 atom stereocenters. The van der Waals surface area contributed by atoms with Gasteiger partial charge in [-0.1, -0.05) is 48.6 Å². The number of carbonyl (C=O) groups is 3. The lowest BCUT2D eigenvalue weighted by atomic mass is 9.75. The van der Waals surface area contributed by atoms with E-state index in [4.69, 9.17) is 9.47 Å². The SMILES string of the molecule is CCN(CC)c1ccc(N2CC=C[C@]34O[C@]5(C)C=CCOC(=O)[C@@H]5[C@H]3C(=O)N([C@@H](CO)Cc3ccccc3)C4C2=O)cc1. The van der Waals surface area contributed by atoms with Crippen molar-refractivity contribution in [1.29, 1.82) is 0 Å². The van der Waals surface area contributed by atoms with E-state index in [-0.39, 0.29) is 25.7 Å². The average molecular weight is 586 g/mol. The van der Waals surface area contributed by atoms with Crippen LogP contribution in [-0.4, -0.2) is 83.9 Å². The fourth-order valence-electron chi connectivity index (χ4n) is 7.49. The van der Waals surface area contributed by atoms with Crippen LogP contribution in [0.25, 0.3) is 0 Å². The molecule has 0 aromatic heterocycles. The largest absolute Gasteiger partial charge is 0.461 e. The second-order valence-electron chi connectivity index (χ2n) is 11.8. The number of aliphatic hydroxyl groups is 1. The highest BCUT2D eigenvalue weighted by molar-refractivity contribution is 6.06. The van der Waals surface area contributed by atoms with E-state index >= 15 is 0 Å². The van der Waals surface area contributed by atoms with E-state index < -0.39 is 47.0 Å². The molecule has 0 saturated carbocycles. The second kappa shape index (κ2) is 11.3. The molecule has 2 aromatic rings. The number of cyclic esters (lactones) is 1. The third kappa shape index (κ3) is 4.66. The first-order valence-electron chi connectivity index (χ1n) is 15.1. The number of amides is 2. The van der Waals surface area contributed by atoms with E-state index in [1.165, 1.54) is 4.90 Å². The fraction of sp³-hybridized carbons (Fsp3) is 0.441. The molecule has 4 heterocycles. The molecule has 43 heavy (non-hydrogen) atoms. The van der Waals surface area contributed by atoms with Crippen molar-refractivity contribution in [2.24, 2.45) is 11.8 Å². The first kappa shape index (κ1) is 29.1. The highest BCUT2D eigenvalue weighted by Gasteiger charge is 2.75. The van der Waals surface area contributed by atoms with Crippen molar-refractivity contribution in [2.45, 2.75) is 50.5 Å². The molecule has 4 aliphatic heterocycles. The second-order valence-corrected chi connectivity index (χ2v) is 11.8. The number of rotatable bonds is 8. The zero-order chi connectivity index (χ0) is 30.4. The summed E-state index contributed by atoms with van der Waals surface area (Å²) >= 11 is 0. The normalized spacial score (nSPS) is 30.3. The van der Waals surface area contributed by atoms with Crippen molar-refractivity contribution < 1.29 is 29.0 Å². The van der Waals surface area contributed by atoms with Crippen LogP contribution >= 0.6 is 0 Å². The van der Waals surface area contributed by atoms with E-state index in [1.807, 2.05) is 60.7 Å². The van der Waals surface area contributed by atoms with Gasteiger partial charge in [0.25, 0.3) is 5.91 Å². The smallest absolute Gasteiger partial charge is 0.313 e. The molecule has 4 aliphatic rings. The van der Waals surface area contributed by atoms with Gasteiger partial charge in [-0.05, 0) is 63.1 Å². The van der Waals surface area contributed by atoms with Crippen molar-refractivity contribution in [2.75, 3.05) is 42.6 Å². The van der Waals surface area contributed by atoms with Crippen LogP contribution in [0.3, 0.4) is 0 Å². The van der Waals surface area contributed by atoms with Crippen molar-refractivity contribution >= 4 is 29.2 Å². The van der Waals surface area contributed by atoms with Gasteiger partial charge in [0.2, 0.25) is 5.91 Å². The van der Waals surface area contributed by atoms with E-state index in [1.54, 1.807) is 30.1 Å². The Balaban J connectivity index is 1.45. The molecule has 1 unspecified atom stereocenters. The predicted octanol–water partition coefficient (Wildman–Crippen LogP) is 3.12. The van der Waals surface area contributed by atoms with Gasteiger partial charge >= 0.3 is 5.97 Å². The summed E-state index contributed by atoms with van der Waals surface area (Å²) in [5.41, 5.74) is 0.107. The van der Waals surface area contributed by atoms with Crippen LogP contribution in [-0.2, 0) is 30.3 Å². The number of nitrogens with zero attached hydrogens (tertiary/aromatic N) is 3. The Hall–Kier alpha value is -3.95. The number of fused-ring (bicyclic) bond motifs is 2. The summed E-state index contributed by atoms with van der Waals surface area (Å²) in [6, 6.07) is 15.6. The maximum Gasteiger partial charge on any atom is 0.313 e. The summed E-state index contributed by atoms with van der Waals surface area (Å²) in [7, 11) is 0. The first-order chi connectivity index (χ1) is 20.8. The van der Waals surface area contributed by atoms with Gasteiger partial charge in [-0.2, -0.15) is 0 Å². The Kier molecular flexibility index (Phi) is 7.64. The fourth-order valence-corrected chi connectivity index (χ4v) is 7.49. The summed E-state index contributed by atoms with van der Waals surface area (Å²) in [6.45, 7) is 7.71. The Morgan fingerprint density at radius 2 is 1.67 bits per heavy atom. The third-order valence-electron chi connectivity index (χ3n) is 9.46. The minimum atomic E-state index is -1.42. The number of likely N-dealkylation sites (tertiary alicyclic amines) is 1. The lowest BCUT2D eigenvalue weighted by Gasteiger charge is -2.40. The Bertz CT molecular complexity index is 1440. The summed E-state index contributed by atoms with van der Waals surface area (Å²) < 4.78 is 12.3. The van der Waals surface area contributed by atoms with E-state index in [2.05, 4.69) is 18.7 Å². The van der Waals surface area contributed by atoms with Crippen LogP contribution in [0, 0.1) is 11.8 Å². The van der Waals surface area contributed by atoms with Gasteiger partial charge in [-0.25, -0.2) is 0 Å².